The summed E-state index contributed by atoms with van der Waals surface area (Å²) in [5, 5.41) is 0. The van der Waals surface area contributed by atoms with Gasteiger partial charge in [0.2, 0.25) is 0 Å². The Hall–Kier alpha value is -0.970. The first-order valence-corrected chi connectivity index (χ1v) is 7.39. The zero-order chi connectivity index (χ0) is 13.2. The number of aromatic nitrogens is 1. The third-order valence-electron chi connectivity index (χ3n) is 4.56. The second-order valence-electron chi connectivity index (χ2n) is 5.91. The number of pyridine rings is 1. The summed E-state index contributed by atoms with van der Waals surface area (Å²) in [4.78, 5) is 9.33. The van der Waals surface area contributed by atoms with Crippen molar-refractivity contribution in [2.45, 2.75) is 37.9 Å². The van der Waals surface area contributed by atoms with Crippen LogP contribution in [-0.4, -0.2) is 53.0 Å². The van der Waals surface area contributed by atoms with Gasteiger partial charge in [0.1, 0.15) is 0 Å². The molecule has 104 valence electrons. The van der Waals surface area contributed by atoms with Crippen LogP contribution in [0.1, 0.15) is 31.4 Å². The van der Waals surface area contributed by atoms with Gasteiger partial charge in [0.05, 0.1) is 0 Å². The van der Waals surface area contributed by atoms with Crippen LogP contribution in [0.4, 0.5) is 0 Å². The molecular weight excluding hydrogens is 236 g/mol. The number of nitrogens with zero attached hydrogens (tertiary/aromatic N) is 3. The first-order valence-electron chi connectivity index (χ1n) is 7.39. The highest BCUT2D eigenvalue weighted by Gasteiger charge is 2.34. The van der Waals surface area contributed by atoms with Gasteiger partial charge in [-0.3, -0.25) is 14.8 Å². The predicted octanol–water partition coefficient (Wildman–Crippen LogP) is 1.25. The lowest BCUT2D eigenvalue weighted by Gasteiger charge is -2.43. The topological polar surface area (TPSA) is 45.4 Å². The van der Waals surface area contributed by atoms with Crippen LogP contribution in [0.15, 0.2) is 24.5 Å². The summed E-state index contributed by atoms with van der Waals surface area (Å²) in [6.07, 6.45) is 6.45. The molecule has 3 atom stereocenters. The van der Waals surface area contributed by atoms with E-state index in [2.05, 4.69) is 33.8 Å². The van der Waals surface area contributed by atoms with Gasteiger partial charge in [0, 0.05) is 50.2 Å². The Morgan fingerprint density at radius 1 is 1.26 bits per heavy atom. The average Bonchev–Trinajstić information content (AvgIpc) is 2.87. The van der Waals surface area contributed by atoms with E-state index >= 15 is 0 Å². The number of piperazine rings is 1. The quantitative estimate of drug-likeness (QED) is 0.888. The van der Waals surface area contributed by atoms with Gasteiger partial charge in [-0.15, -0.1) is 0 Å². The third-order valence-corrected chi connectivity index (χ3v) is 4.56. The van der Waals surface area contributed by atoms with Crippen molar-refractivity contribution in [2.75, 3.05) is 26.2 Å². The molecule has 4 heteroatoms. The molecule has 2 aliphatic rings. The van der Waals surface area contributed by atoms with Crippen LogP contribution in [0.25, 0.3) is 0 Å². The van der Waals surface area contributed by atoms with Crippen LogP contribution >= 0.6 is 0 Å². The maximum Gasteiger partial charge on any atom is 0.0498 e. The van der Waals surface area contributed by atoms with Gasteiger partial charge in [0.25, 0.3) is 0 Å². The Bertz CT molecular complexity index is 406. The van der Waals surface area contributed by atoms with Gasteiger partial charge < -0.3 is 5.73 Å². The lowest BCUT2D eigenvalue weighted by Crippen LogP contribution is -2.53. The van der Waals surface area contributed by atoms with Crippen molar-refractivity contribution in [3.05, 3.63) is 30.1 Å². The summed E-state index contributed by atoms with van der Waals surface area (Å²) in [5.74, 6) is 0. The zero-order valence-electron chi connectivity index (χ0n) is 11.7. The minimum atomic E-state index is 0.148. The van der Waals surface area contributed by atoms with E-state index in [1.165, 1.54) is 31.5 Å². The Labute approximate surface area is 115 Å². The zero-order valence-corrected chi connectivity index (χ0v) is 11.7. The van der Waals surface area contributed by atoms with E-state index in [0.29, 0.717) is 6.04 Å². The van der Waals surface area contributed by atoms with E-state index in [1.807, 2.05) is 12.4 Å². The molecule has 0 aliphatic carbocycles. The molecule has 0 saturated carbocycles. The molecule has 0 bridgehead atoms. The van der Waals surface area contributed by atoms with Gasteiger partial charge in [-0.25, -0.2) is 0 Å². The van der Waals surface area contributed by atoms with Gasteiger partial charge >= 0.3 is 0 Å². The number of nitrogens with two attached hydrogens (primary N) is 1. The van der Waals surface area contributed by atoms with Crippen LogP contribution in [0.2, 0.25) is 0 Å². The van der Waals surface area contributed by atoms with Crippen LogP contribution < -0.4 is 5.73 Å². The van der Waals surface area contributed by atoms with E-state index < -0.39 is 0 Å². The van der Waals surface area contributed by atoms with Crippen molar-refractivity contribution in [3.8, 4) is 0 Å². The molecule has 4 nitrogen and oxygen atoms in total. The van der Waals surface area contributed by atoms with Crippen molar-refractivity contribution in [1.82, 2.24) is 14.8 Å². The predicted molar refractivity (Wildman–Crippen MR) is 76.8 cm³/mol. The first-order chi connectivity index (χ1) is 9.25. The molecular formula is C15H24N4. The van der Waals surface area contributed by atoms with Crippen molar-refractivity contribution >= 4 is 0 Å². The monoisotopic (exact) mass is 260 g/mol. The van der Waals surface area contributed by atoms with Crippen LogP contribution in [0.3, 0.4) is 0 Å². The molecule has 2 fully saturated rings. The lowest BCUT2D eigenvalue weighted by atomic mass is 9.98. The molecule has 3 unspecified atom stereocenters. The Morgan fingerprint density at radius 3 is 2.79 bits per heavy atom. The molecule has 2 aliphatic heterocycles. The number of fused-ring (bicyclic) bond motifs is 1. The maximum atomic E-state index is 6.26. The summed E-state index contributed by atoms with van der Waals surface area (Å²) in [7, 11) is 0. The highest BCUT2D eigenvalue weighted by Crippen LogP contribution is 2.29. The fourth-order valence-corrected chi connectivity index (χ4v) is 3.68. The molecule has 0 spiro atoms. The standard InChI is InChI=1S/C15H24N4/c1-12(16)15(13-4-6-17-7-5-13)19-10-9-18-8-2-3-14(18)11-19/h4-7,12,14-15H,2-3,8-11,16H2,1H3. The molecule has 1 aromatic heterocycles. The van der Waals surface area contributed by atoms with Crippen molar-refractivity contribution in [3.63, 3.8) is 0 Å². The van der Waals surface area contributed by atoms with Crippen molar-refractivity contribution < 1.29 is 0 Å². The van der Waals surface area contributed by atoms with E-state index in [0.717, 1.165) is 19.1 Å². The van der Waals surface area contributed by atoms with E-state index in [9.17, 15) is 0 Å². The van der Waals surface area contributed by atoms with Gasteiger partial charge in [-0.1, -0.05) is 0 Å². The number of hydrogen-bond acceptors (Lipinski definition) is 4. The summed E-state index contributed by atoms with van der Waals surface area (Å²) >= 11 is 0. The van der Waals surface area contributed by atoms with Crippen LogP contribution in [0, 0.1) is 0 Å². The fourth-order valence-electron chi connectivity index (χ4n) is 3.68. The van der Waals surface area contributed by atoms with Gasteiger partial charge in [-0.05, 0) is 44.0 Å². The molecule has 0 aromatic carbocycles. The van der Waals surface area contributed by atoms with Crippen molar-refractivity contribution in [2.24, 2.45) is 5.73 Å². The van der Waals surface area contributed by atoms with Gasteiger partial charge in [0.15, 0.2) is 0 Å². The molecule has 2 N–H and O–H groups in total. The number of hydrogen-bond donors (Lipinski definition) is 1. The molecule has 0 radical (unpaired) electrons. The Morgan fingerprint density at radius 2 is 2.05 bits per heavy atom. The summed E-state index contributed by atoms with van der Waals surface area (Å²) in [6.45, 7) is 6.89. The summed E-state index contributed by atoms with van der Waals surface area (Å²) < 4.78 is 0. The normalized spacial score (nSPS) is 28.0. The summed E-state index contributed by atoms with van der Waals surface area (Å²) in [5.41, 5.74) is 7.56. The molecule has 1 aromatic rings. The van der Waals surface area contributed by atoms with E-state index in [-0.39, 0.29) is 6.04 Å². The minimum Gasteiger partial charge on any atom is -0.326 e. The molecule has 2 saturated heterocycles. The lowest BCUT2D eigenvalue weighted by molar-refractivity contribution is 0.0635. The van der Waals surface area contributed by atoms with Crippen LogP contribution in [-0.2, 0) is 0 Å². The highest BCUT2D eigenvalue weighted by molar-refractivity contribution is 5.17. The first kappa shape index (κ1) is 13.0. The third kappa shape index (κ3) is 2.66. The molecule has 3 rings (SSSR count). The SMILES string of the molecule is CC(N)C(c1ccncc1)N1CCN2CCCC2C1. The van der Waals surface area contributed by atoms with E-state index in [4.69, 9.17) is 5.73 Å². The number of rotatable bonds is 3. The highest BCUT2D eigenvalue weighted by atomic mass is 15.3. The summed E-state index contributed by atoms with van der Waals surface area (Å²) in [6, 6.07) is 5.43. The second kappa shape index (κ2) is 5.57. The minimum absolute atomic E-state index is 0.148. The fraction of sp³-hybridized carbons (Fsp3) is 0.667. The maximum absolute atomic E-state index is 6.26. The second-order valence-corrected chi connectivity index (χ2v) is 5.91. The largest absolute Gasteiger partial charge is 0.326 e. The van der Waals surface area contributed by atoms with Crippen LogP contribution in [0.5, 0.6) is 0 Å². The smallest absolute Gasteiger partial charge is 0.0498 e. The molecule has 19 heavy (non-hydrogen) atoms. The Kier molecular flexibility index (Phi) is 3.82. The van der Waals surface area contributed by atoms with E-state index in [1.54, 1.807) is 0 Å². The Balaban J connectivity index is 1.77. The van der Waals surface area contributed by atoms with Crippen molar-refractivity contribution in [1.29, 1.82) is 0 Å². The van der Waals surface area contributed by atoms with Gasteiger partial charge in [-0.2, -0.15) is 0 Å². The molecule has 0 amide bonds. The average molecular weight is 260 g/mol. The molecule has 3 heterocycles.